The normalized spacial score (nSPS) is 27.6. The number of carbonyl (C=O) groups is 2. The van der Waals surface area contributed by atoms with Crippen LogP contribution in [0.4, 0.5) is 0 Å². The minimum atomic E-state index is -0.721. The maximum Gasteiger partial charge on any atom is 0.242 e. The Kier molecular flexibility index (Phi) is 8.60. The fraction of sp³-hybridized carbons (Fsp3) is 0.714. The van der Waals surface area contributed by atoms with Gasteiger partial charge < -0.3 is 20.4 Å². The average Bonchev–Trinajstić information content (AvgIpc) is 3.41. The summed E-state index contributed by atoms with van der Waals surface area (Å²) in [4.78, 5) is 28.6. The number of aliphatic hydroxyl groups is 2. The summed E-state index contributed by atoms with van der Waals surface area (Å²) in [5.74, 6) is -0.387. The zero-order valence-electron chi connectivity index (χ0n) is 22.8. The van der Waals surface area contributed by atoms with Gasteiger partial charge in [-0.2, -0.15) is 5.53 Å². The summed E-state index contributed by atoms with van der Waals surface area (Å²) in [5.41, 5.74) is 8.09. The van der Waals surface area contributed by atoms with E-state index in [1.165, 1.54) is 6.42 Å². The van der Waals surface area contributed by atoms with Gasteiger partial charge >= 0.3 is 0 Å². The molecule has 1 aromatic rings. The van der Waals surface area contributed by atoms with Crippen LogP contribution in [0.15, 0.2) is 24.3 Å². The van der Waals surface area contributed by atoms with Crippen molar-refractivity contribution < 1.29 is 19.8 Å². The topological polar surface area (TPSA) is 117 Å². The number of benzene rings is 1. The van der Waals surface area contributed by atoms with Crippen molar-refractivity contribution in [3.8, 4) is 0 Å². The molecule has 3 fully saturated rings. The maximum atomic E-state index is 14.4. The molecule has 9 heteroatoms. The highest BCUT2D eigenvalue weighted by Crippen LogP contribution is 2.47. The van der Waals surface area contributed by atoms with Crippen molar-refractivity contribution in [3.63, 3.8) is 0 Å². The minimum absolute atomic E-state index is 0.0219. The number of hydrogen-bond acceptors (Lipinski definition) is 7. The standard InChI is InChI=1S/C28H45N5O4/c1-27(2,3)24(26(37)32-17-21(35)16-22(32)25(36)29-4)33-28(13-8-6-5-7-9-14-28)23(30-31-33)20-12-10-11-19(15-20)18-34/h10-12,15,21-24,30-31,34-35H,5-9,13-14,16-18H2,1-4H3,(H,29,36)/t21-,22+,23?,24-/m1/s1. The highest BCUT2D eigenvalue weighted by Gasteiger charge is 2.57. The molecule has 2 amide bonds. The molecular formula is C28H45N5O4. The molecule has 1 aliphatic carbocycles. The summed E-state index contributed by atoms with van der Waals surface area (Å²) in [7, 11) is 1.57. The number of β-amino-alcohol motifs (C(OH)–C–C–N with tert-alkyl or cyclic N) is 1. The van der Waals surface area contributed by atoms with Gasteiger partial charge in [-0.1, -0.05) is 77.1 Å². The van der Waals surface area contributed by atoms with Crippen molar-refractivity contribution >= 4 is 11.8 Å². The molecule has 4 rings (SSSR count). The lowest BCUT2D eigenvalue weighted by Crippen LogP contribution is -2.65. The predicted molar refractivity (Wildman–Crippen MR) is 142 cm³/mol. The Hall–Kier alpha value is -2.04. The van der Waals surface area contributed by atoms with Gasteiger partial charge in [-0.25, -0.2) is 10.4 Å². The largest absolute Gasteiger partial charge is 0.392 e. The van der Waals surface area contributed by atoms with E-state index < -0.39 is 23.6 Å². The third kappa shape index (κ3) is 5.56. The first-order chi connectivity index (χ1) is 17.6. The number of hydrogen-bond donors (Lipinski definition) is 5. The Morgan fingerprint density at radius 2 is 1.84 bits per heavy atom. The van der Waals surface area contributed by atoms with Crippen molar-refractivity contribution in [3.05, 3.63) is 35.4 Å². The molecule has 2 saturated heterocycles. The molecule has 5 N–H and O–H groups in total. The first kappa shape index (κ1) is 28.0. The van der Waals surface area contributed by atoms with Gasteiger partial charge in [-0.15, -0.1) is 0 Å². The Labute approximate surface area is 220 Å². The van der Waals surface area contributed by atoms with Crippen molar-refractivity contribution in [2.75, 3.05) is 13.6 Å². The van der Waals surface area contributed by atoms with Crippen LogP contribution < -0.4 is 16.3 Å². The monoisotopic (exact) mass is 515 g/mol. The Morgan fingerprint density at radius 1 is 1.16 bits per heavy atom. The number of carbonyl (C=O) groups excluding carboxylic acids is 2. The molecule has 0 bridgehead atoms. The zero-order chi connectivity index (χ0) is 26.8. The Balaban J connectivity index is 1.76. The molecule has 0 radical (unpaired) electrons. The van der Waals surface area contributed by atoms with Gasteiger partial charge in [-0.05, 0) is 29.4 Å². The van der Waals surface area contributed by atoms with Gasteiger partial charge in [0, 0.05) is 20.0 Å². The summed E-state index contributed by atoms with van der Waals surface area (Å²) in [6.45, 7) is 6.32. The molecule has 1 aromatic carbocycles. The van der Waals surface area contributed by atoms with Crippen LogP contribution >= 0.6 is 0 Å². The molecule has 37 heavy (non-hydrogen) atoms. The summed E-state index contributed by atoms with van der Waals surface area (Å²) >= 11 is 0. The van der Waals surface area contributed by atoms with E-state index in [4.69, 9.17) is 0 Å². The van der Waals surface area contributed by atoms with Crippen LogP contribution in [0, 0.1) is 5.41 Å². The van der Waals surface area contributed by atoms with E-state index in [0.717, 1.165) is 49.7 Å². The van der Waals surface area contributed by atoms with Crippen molar-refractivity contribution in [1.82, 2.24) is 26.2 Å². The predicted octanol–water partition coefficient (Wildman–Crippen LogP) is 2.15. The number of amides is 2. The first-order valence-electron chi connectivity index (χ1n) is 13.8. The molecule has 0 aromatic heterocycles. The second-order valence-electron chi connectivity index (χ2n) is 12.1. The summed E-state index contributed by atoms with van der Waals surface area (Å²) < 4.78 is 0. The number of rotatable bonds is 5. The fourth-order valence-corrected chi connectivity index (χ4v) is 6.65. The van der Waals surface area contributed by atoms with Crippen LogP contribution in [0.5, 0.6) is 0 Å². The first-order valence-corrected chi connectivity index (χ1v) is 13.8. The van der Waals surface area contributed by atoms with Crippen LogP contribution in [-0.2, 0) is 16.2 Å². The van der Waals surface area contributed by atoms with Crippen molar-refractivity contribution in [2.45, 2.75) is 109 Å². The van der Waals surface area contributed by atoms with Crippen LogP contribution in [0.25, 0.3) is 0 Å². The smallest absolute Gasteiger partial charge is 0.242 e. The summed E-state index contributed by atoms with van der Waals surface area (Å²) in [6.07, 6.45) is 7.02. The fourth-order valence-electron chi connectivity index (χ4n) is 6.65. The molecule has 2 heterocycles. The quantitative estimate of drug-likeness (QED) is 0.408. The minimum Gasteiger partial charge on any atom is -0.392 e. The number of nitrogens with zero attached hydrogens (tertiary/aromatic N) is 2. The third-order valence-corrected chi connectivity index (χ3v) is 8.46. The third-order valence-electron chi connectivity index (χ3n) is 8.46. The Morgan fingerprint density at radius 3 is 2.46 bits per heavy atom. The highest BCUT2D eigenvalue weighted by atomic mass is 16.3. The van der Waals surface area contributed by atoms with Crippen LogP contribution in [0.2, 0.25) is 0 Å². The van der Waals surface area contributed by atoms with Gasteiger partial charge in [0.15, 0.2) is 0 Å². The molecular weight excluding hydrogens is 470 g/mol. The molecule has 9 nitrogen and oxygen atoms in total. The van der Waals surface area contributed by atoms with Crippen LogP contribution in [-0.4, -0.2) is 69.3 Å². The average molecular weight is 516 g/mol. The van der Waals surface area contributed by atoms with Crippen molar-refractivity contribution in [2.24, 2.45) is 5.41 Å². The van der Waals surface area contributed by atoms with Crippen LogP contribution in [0.3, 0.4) is 0 Å². The second kappa shape index (κ2) is 11.4. The number of hydrazine groups is 2. The number of likely N-dealkylation sites (tertiary alicyclic amines) is 1. The number of likely N-dealkylation sites (N-methyl/N-ethyl adjacent to an activating group) is 1. The molecule has 3 aliphatic rings. The maximum absolute atomic E-state index is 14.4. The van der Waals surface area contributed by atoms with Gasteiger partial charge in [0.2, 0.25) is 11.8 Å². The molecule has 2 aliphatic heterocycles. The van der Waals surface area contributed by atoms with Gasteiger partial charge in [-0.3, -0.25) is 9.59 Å². The van der Waals surface area contributed by atoms with Gasteiger partial charge in [0.05, 0.1) is 24.3 Å². The molecule has 1 spiro atoms. The number of nitrogens with one attached hydrogen (secondary N) is 3. The summed E-state index contributed by atoms with van der Waals surface area (Å²) in [5, 5.41) is 25.0. The molecule has 1 saturated carbocycles. The number of aliphatic hydroxyl groups excluding tert-OH is 2. The lowest BCUT2D eigenvalue weighted by atomic mass is 9.73. The Bertz CT molecular complexity index is 956. The second-order valence-corrected chi connectivity index (χ2v) is 12.1. The zero-order valence-corrected chi connectivity index (χ0v) is 22.8. The lowest BCUT2D eigenvalue weighted by molar-refractivity contribution is -0.152. The van der Waals surface area contributed by atoms with Gasteiger partial charge in [0.25, 0.3) is 0 Å². The van der Waals surface area contributed by atoms with E-state index >= 15 is 0 Å². The van der Waals surface area contributed by atoms with E-state index in [-0.39, 0.29) is 43.0 Å². The van der Waals surface area contributed by atoms with Gasteiger partial charge in [0.1, 0.15) is 12.1 Å². The molecule has 1 unspecified atom stereocenters. The summed E-state index contributed by atoms with van der Waals surface area (Å²) in [6, 6.07) is 6.72. The van der Waals surface area contributed by atoms with E-state index in [0.29, 0.717) is 0 Å². The van der Waals surface area contributed by atoms with Crippen molar-refractivity contribution in [1.29, 1.82) is 0 Å². The highest BCUT2D eigenvalue weighted by molar-refractivity contribution is 5.91. The lowest BCUT2D eigenvalue weighted by Gasteiger charge is -2.49. The van der Waals surface area contributed by atoms with E-state index in [1.54, 1.807) is 11.9 Å². The van der Waals surface area contributed by atoms with E-state index in [9.17, 15) is 19.8 Å². The van der Waals surface area contributed by atoms with E-state index in [2.05, 4.69) is 54.2 Å². The molecule has 4 atom stereocenters. The SMILES string of the molecule is CNC(=O)[C@@H]1C[C@@H](O)CN1C(=O)[C@@H](N1NNC(c2cccc(CO)c2)C12CCCCCCC2)C(C)(C)C. The molecule has 206 valence electrons. The van der Waals surface area contributed by atoms with E-state index in [1.807, 2.05) is 12.1 Å². The van der Waals surface area contributed by atoms with Crippen LogP contribution in [0.1, 0.15) is 89.3 Å².